The predicted octanol–water partition coefficient (Wildman–Crippen LogP) is 1.75. The molecular formula is C11H18N2OS. The minimum Gasteiger partial charge on any atom is -0.350 e. The molecule has 2 N–H and O–H groups in total. The second-order valence-corrected chi connectivity index (χ2v) is 5.49. The van der Waals surface area contributed by atoms with Gasteiger partial charge in [-0.1, -0.05) is 6.07 Å². The zero-order valence-electron chi connectivity index (χ0n) is 9.46. The number of carbonyl (C=O) groups is 1. The zero-order valence-corrected chi connectivity index (χ0v) is 10.3. The molecule has 15 heavy (non-hydrogen) atoms. The normalized spacial score (nSPS) is 11.4. The lowest BCUT2D eigenvalue weighted by Crippen LogP contribution is -2.43. The van der Waals surface area contributed by atoms with Crippen LogP contribution >= 0.6 is 11.3 Å². The summed E-state index contributed by atoms with van der Waals surface area (Å²) in [5.74, 6) is 0.0401. The Labute approximate surface area is 94.9 Å². The summed E-state index contributed by atoms with van der Waals surface area (Å²) in [6.45, 7) is 7.12. The van der Waals surface area contributed by atoms with Gasteiger partial charge in [-0.3, -0.25) is 4.79 Å². The maximum absolute atomic E-state index is 11.4. The molecule has 0 spiro atoms. The molecule has 0 fully saturated rings. The monoisotopic (exact) mass is 226 g/mol. The van der Waals surface area contributed by atoms with Gasteiger partial charge < -0.3 is 10.6 Å². The molecule has 3 nitrogen and oxygen atoms in total. The van der Waals surface area contributed by atoms with Crippen molar-refractivity contribution in [2.75, 3.05) is 6.54 Å². The van der Waals surface area contributed by atoms with Gasteiger partial charge >= 0.3 is 0 Å². The summed E-state index contributed by atoms with van der Waals surface area (Å²) in [6, 6.07) is 4.00. The Bertz CT molecular complexity index is 301. The number of hydrogen-bond donors (Lipinski definition) is 2. The molecule has 1 aromatic heterocycles. The molecule has 0 saturated carbocycles. The lowest BCUT2D eigenvalue weighted by Gasteiger charge is -2.19. The topological polar surface area (TPSA) is 41.1 Å². The van der Waals surface area contributed by atoms with Crippen LogP contribution in [-0.4, -0.2) is 18.0 Å². The van der Waals surface area contributed by atoms with Crippen LogP contribution in [0.25, 0.3) is 0 Å². The van der Waals surface area contributed by atoms with E-state index in [1.807, 2.05) is 38.3 Å². The number of nitrogens with one attached hydrogen (secondary N) is 2. The third kappa shape index (κ3) is 5.54. The van der Waals surface area contributed by atoms with Crippen LogP contribution in [-0.2, 0) is 11.3 Å². The molecule has 1 amide bonds. The number of thiophene rings is 1. The van der Waals surface area contributed by atoms with Crippen LogP contribution in [0.1, 0.15) is 25.6 Å². The summed E-state index contributed by atoms with van der Waals surface area (Å²) in [5, 5.41) is 8.02. The van der Waals surface area contributed by atoms with E-state index in [0.29, 0.717) is 13.1 Å². The van der Waals surface area contributed by atoms with Crippen LogP contribution in [0.3, 0.4) is 0 Å². The molecule has 0 aliphatic heterocycles. The highest BCUT2D eigenvalue weighted by Crippen LogP contribution is 2.07. The predicted molar refractivity (Wildman–Crippen MR) is 63.9 cm³/mol. The Kier molecular flexibility index (Phi) is 4.29. The molecule has 0 aliphatic carbocycles. The molecule has 0 saturated heterocycles. The number of rotatable bonds is 4. The maximum atomic E-state index is 11.4. The highest BCUT2D eigenvalue weighted by Gasteiger charge is 2.10. The SMILES string of the molecule is CC(C)(C)NCC(=O)NCc1cccs1. The van der Waals surface area contributed by atoms with Crippen molar-refractivity contribution in [2.24, 2.45) is 0 Å². The van der Waals surface area contributed by atoms with Gasteiger partial charge in [-0.2, -0.15) is 0 Å². The molecule has 0 radical (unpaired) electrons. The van der Waals surface area contributed by atoms with Gasteiger partial charge in [0.25, 0.3) is 0 Å². The lowest BCUT2D eigenvalue weighted by atomic mass is 10.1. The van der Waals surface area contributed by atoms with Crippen molar-refractivity contribution in [1.29, 1.82) is 0 Å². The summed E-state index contributed by atoms with van der Waals surface area (Å²) in [6.07, 6.45) is 0. The molecule has 0 aromatic carbocycles. The van der Waals surface area contributed by atoms with Crippen LogP contribution in [0.2, 0.25) is 0 Å². The summed E-state index contributed by atoms with van der Waals surface area (Å²) in [5.41, 5.74) is -0.0136. The fraction of sp³-hybridized carbons (Fsp3) is 0.545. The van der Waals surface area contributed by atoms with Gasteiger partial charge in [0, 0.05) is 10.4 Å². The van der Waals surface area contributed by atoms with Crippen LogP contribution in [0, 0.1) is 0 Å². The summed E-state index contributed by atoms with van der Waals surface area (Å²) in [7, 11) is 0. The average molecular weight is 226 g/mol. The summed E-state index contributed by atoms with van der Waals surface area (Å²) < 4.78 is 0. The Balaban J connectivity index is 2.20. The van der Waals surface area contributed by atoms with Crippen molar-refractivity contribution in [3.05, 3.63) is 22.4 Å². The second kappa shape index (κ2) is 5.28. The standard InChI is InChI=1S/C11H18N2OS/c1-11(2,3)13-8-10(14)12-7-9-5-4-6-15-9/h4-6,13H,7-8H2,1-3H3,(H,12,14). The first kappa shape index (κ1) is 12.2. The van der Waals surface area contributed by atoms with E-state index in [0.717, 1.165) is 0 Å². The fourth-order valence-electron chi connectivity index (χ4n) is 1.01. The zero-order chi connectivity index (χ0) is 11.3. The van der Waals surface area contributed by atoms with Crippen LogP contribution in [0.5, 0.6) is 0 Å². The van der Waals surface area contributed by atoms with E-state index in [-0.39, 0.29) is 11.4 Å². The molecule has 1 aromatic rings. The molecular weight excluding hydrogens is 208 g/mol. The van der Waals surface area contributed by atoms with E-state index in [4.69, 9.17) is 0 Å². The van der Waals surface area contributed by atoms with Gasteiger partial charge in [0.1, 0.15) is 0 Å². The maximum Gasteiger partial charge on any atom is 0.234 e. The first-order chi connectivity index (χ1) is 6.97. The molecule has 0 aliphatic rings. The largest absolute Gasteiger partial charge is 0.350 e. The molecule has 0 atom stereocenters. The summed E-state index contributed by atoms with van der Waals surface area (Å²) >= 11 is 1.65. The smallest absolute Gasteiger partial charge is 0.234 e. The third-order valence-electron chi connectivity index (χ3n) is 1.82. The minimum absolute atomic E-state index is 0.0136. The van der Waals surface area contributed by atoms with Crippen molar-refractivity contribution in [2.45, 2.75) is 32.9 Å². The van der Waals surface area contributed by atoms with Gasteiger partial charge in [0.05, 0.1) is 13.1 Å². The van der Waals surface area contributed by atoms with Crippen molar-refractivity contribution in [1.82, 2.24) is 10.6 Å². The quantitative estimate of drug-likeness (QED) is 0.821. The van der Waals surface area contributed by atoms with E-state index in [9.17, 15) is 4.79 Å². The Hall–Kier alpha value is -0.870. The van der Waals surface area contributed by atoms with Crippen molar-refractivity contribution in [3.63, 3.8) is 0 Å². The van der Waals surface area contributed by atoms with Gasteiger partial charge in [-0.05, 0) is 32.2 Å². The number of carbonyl (C=O) groups excluding carboxylic acids is 1. The Morgan fingerprint density at radius 2 is 2.20 bits per heavy atom. The van der Waals surface area contributed by atoms with Gasteiger partial charge in [-0.25, -0.2) is 0 Å². The third-order valence-corrected chi connectivity index (χ3v) is 2.70. The molecule has 4 heteroatoms. The molecule has 0 unspecified atom stereocenters. The Morgan fingerprint density at radius 3 is 2.73 bits per heavy atom. The first-order valence-electron chi connectivity index (χ1n) is 5.01. The van der Waals surface area contributed by atoms with Crippen LogP contribution in [0.15, 0.2) is 17.5 Å². The average Bonchev–Trinajstić information content (AvgIpc) is 2.62. The first-order valence-corrected chi connectivity index (χ1v) is 5.89. The van der Waals surface area contributed by atoms with Crippen molar-refractivity contribution < 1.29 is 4.79 Å². The van der Waals surface area contributed by atoms with Crippen LogP contribution < -0.4 is 10.6 Å². The lowest BCUT2D eigenvalue weighted by molar-refractivity contribution is -0.120. The molecule has 84 valence electrons. The van der Waals surface area contributed by atoms with E-state index >= 15 is 0 Å². The molecule has 1 rings (SSSR count). The Morgan fingerprint density at radius 1 is 1.47 bits per heavy atom. The minimum atomic E-state index is -0.0136. The fourth-order valence-corrected chi connectivity index (χ4v) is 1.65. The molecule has 0 bridgehead atoms. The van der Waals surface area contributed by atoms with E-state index < -0.39 is 0 Å². The molecule has 1 heterocycles. The van der Waals surface area contributed by atoms with Gasteiger partial charge in [0.2, 0.25) is 5.91 Å². The summed E-state index contributed by atoms with van der Waals surface area (Å²) in [4.78, 5) is 12.6. The van der Waals surface area contributed by atoms with Crippen molar-refractivity contribution in [3.8, 4) is 0 Å². The van der Waals surface area contributed by atoms with E-state index in [1.54, 1.807) is 11.3 Å². The van der Waals surface area contributed by atoms with Crippen molar-refractivity contribution >= 4 is 17.2 Å². The second-order valence-electron chi connectivity index (χ2n) is 4.46. The highest BCUT2D eigenvalue weighted by atomic mass is 32.1. The number of hydrogen-bond acceptors (Lipinski definition) is 3. The van der Waals surface area contributed by atoms with Gasteiger partial charge in [0.15, 0.2) is 0 Å². The van der Waals surface area contributed by atoms with E-state index in [1.165, 1.54) is 4.88 Å². The van der Waals surface area contributed by atoms with Gasteiger partial charge in [-0.15, -0.1) is 11.3 Å². The van der Waals surface area contributed by atoms with E-state index in [2.05, 4.69) is 10.6 Å². The van der Waals surface area contributed by atoms with Crippen LogP contribution in [0.4, 0.5) is 0 Å². The highest BCUT2D eigenvalue weighted by molar-refractivity contribution is 7.09. The number of amides is 1.